The molecule has 1 saturated heterocycles. The molecule has 0 saturated carbocycles. The SMILES string of the molecule is CC(C)C(C)N(Cc1ccc(C(=O)N2CCC[C@@H]2C(=O)O)cc1)C(=O)c1ccc2ccccc2n1. The summed E-state index contributed by atoms with van der Waals surface area (Å²) in [5, 5.41) is 10.4. The average Bonchev–Trinajstić information content (AvgIpc) is 3.36. The van der Waals surface area contributed by atoms with Crippen molar-refractivity contribution in [3.63, 3.8) is 0 Å². The van der Waals surface area contributed by atoms with E-state index in [-0.39, 0.29) is 23.8 Å². The third-order valence-corrected chi connectivity index (χ3v) is 6.89. The lowest BCUT2D eigenvalue weighted by Gasteiger charge is -2.32. The van der Waals surface area contributed by atoms with E-state index < -0.39 is 12.0 Å². The molecule has 2 heterocycles. The number of carbonyl (C=O) groups excluding carboxylic acids is 2. The largest absolute Gasteiger partial charge is 0.480 e. The fourth-order valence-corrected chi connectivity index (χ4v) is 4.47. The number of carboxylic acid groups (broad SMARTS) is 1. The molecule has 1 aromatic heterocycles. The first kappa shape index (κ1) is 24.4. The number of pyridine rings is 1. The summed E-state index contributed by atoms with van der Waals surface area (Å²) in [5.41, 5.74) is 2.52. The summed E-state index contributed by atoms with van der Waals surface area (Å²) in [6.07, 6.45) is 1.17. The first-order valence-corrected chi connectivity index (χ1v) is 12.1. The van der Waals surface area contributed by atoms with Crippen molar-refractivity contribution in [2.24, 2.45) is 5.92 Å². The van der Waals surface area contributed by atoms with E-state index in [0.717, 1.165) is 16.5 Å². The van der Waals surface area contributed by atoms with Gasteiger partial charge in [-0.2, -0.15) is 0 Å². The van der Waals surface area contributed by atoms with Crippen LogP contribution in [0.1, 0.15) is 60.0 Å². The zero-order chi connectivity index (χ0) is 25.1. The molecule has 1 fully saturated rings. The van der Waals surface area contributed by atoms with Gasteiger partial charge in [0, 0.05) is 30.1 Å². The number of carbonyl (C=O) groups is 3. The minimum absolute atomic E-state index is 0.0296. The number of carboxylic acids is 1. The number of hydrogen-bond donors (Lipinski definition) is 1. The molecule has 3 aromatic rings. The molecular formula is C28H31N3O4. The van der Waals surface area contributed by atoms with Crippen LogP contribution in [0, 0.1) is 5.92 Å². The number of likely N-dealkylation sites (tertiary alicyclic amines) is 1. The Morgan fingerprint density at radius 3 is 2.43 bits per heavy atom. The van der Waals surface area contributed by atoms with Crippen LogP contribution < -0.4 is 0 Å². The first-order valence-electron chi connectivity index (χ1n) is 12.1. The second kappa shape index (κ2) is 10.3. The van der Waals surface area contributed by atoms with Gasteiger partial charge < -0.3 is 14.9 Å². The van der Waals surface area contributed by atoms with E-state index in [0.29, 0.717) is 37.2 Å². The molecule has 1 aliphatic rings. The van der Waals surface area contributed by atoms with Gasteiger partial charge in [0.1, 0.15) is 11.7 Å². The first-order chi connectivity index (χ1) is 16.8. The van der Waals surface area contributed by atoms with Crippen LogP contribution in [0.5, 0.6) is 0 Å². The number of amides is 2. The standard InChI is InChI=1S/C28H31N3O4/c1-18(2)19(3)31(27(33)24-15-14-21-7-4-5-8-23(21)29-24)17-20-10-12-22(13-11-20)26(32)30-16-6-9-25(30)28(34)35/h4-5,7-8,10-15,18-19,25H,6,9,16-17H2,1-3H3,(H,34,35)/t19?,25-/m1/s1. The van der Waals surface area contributed by atoms with Gasteiger partial charge >= 0.3 is 5.97 Å². The zero-order valence-corrected chi connectivity index (χ0v) is 20.3. The van der Waals surface area contributed by atoms with Crippen molar-refractivity contribution in [1.82, 2.24) is 14.8 Å². The van der Waals surface area contributed by atoms with E-state index in [1.165, 1.54) is 4.90 Å². The van der Waals surface area contributed by atoms with E-state index >= 15 is 0 Å². The van der Waals surface area contributed by atoms with Crippen molar-refractivity contribution in [2.75, 3.05) is 6.54 Å². The summed E-state index contributed by atoms with van der Waals surface area (Å²) in [4.78, 5) is 45.7. The van der Waals surface area contributed by atoms with E-state index in [9.17, 15) is 19.5 Å². The van der Waals surface area contributed by atoms with Crippen LogP contribution in [0.15, 0.2) is 60.7 Å². The van der Waals surface area contributed by atoms with Crippen molar-refractivity contribution in [1.29, 1.82) is 0 Å². The number of nitrogens with zero attached hydrogens (tertiary/aromatic N) is 3. The van der Waals surface area contributed by atoms with Crippen LogP contribution in [0.25, 0.3) is 10.9 Å². The molecule has 2 amide bonds. The Balaban J connectivity index is 1.55. The maximum absolute atomic E-state index is 13.5. The lowest BCUT2D eigenvalue weighted by Crippen LogP contribution is -2.41. The van der Waals surface area contributed by atoms with Gasteiger partial charge in [0.2, 0.25) is 0 Å². The maximum Gasteiger partial charge on any atom is 0.326 e. The number of aliphatic carboxylic acids is 1. The molecule has 182 valence electrons. The topological polar surface area (TPSA) is 90.8 Å². The molecule has 0 radical (unpaired) electrons. The Morgan fingerprint density at radius 2 is 1.74 bits per heavy atom. The summed E-state index contributed by atoms with van der Waals surface area (Å²) >= 11 is 0. The van der Waals surface area contributed by atoms with Crippen molar-refractivity contribution >= 4 is 28.7 Å². The average molecular weight is 474 g/mol. The fraction of sp³-hybridized carbons (Fsp3) is 0.357. The minimum atomic E-state index is -0.966. The Kier molecular flexibility index (Phi) is 7.15. The molecule has 2 atom stereocenters. The van der Waals surface area contributed by atoms with Crippen molar-refractivity contribution in [2.45, 2.75) is 52.2 Å². The van der Waals surface area contributed by atoms with Gasteiger partial charge in [-0.1, -0.05) is 50.2 Å². The predicted octanol–water partition coefficient (Wildman–Crippen LogP) is 4.61. The molecule has 1 N–H and O–H groups in total. The molecule has 0 bridgehead atoms. The van der Waals surface area contributed by atoms with Crippen LogP contribution in [-0.4, -0.2) is 56.3 Å². The molecule has 1 unspecified atom stereocenters. The lowest BCUT2D eigenvalue weighted by molar-refractivity contribution is -0.141. The van der Waals surface area contributed by atoms with Crippen molar-refractivity contribution in [3.8, 4) is 0 Å². The minimum Gasteiger partial charge on any atom is -0.480 e. The maximum atomic E-state index is 13.5. The highest BCUT2D eigenvalue weighted by molar-refractivity contribution is 5.97. The van der Waals surface area contributed by atoms with Gasteiger partial charge in [-0.25, -0.2) is 9.78 Å². The van der Waals surface area contributed by atoms with E-state index in [4.69, 9.17) is 0 Å². The third-order valence-electron chi connectivity index (χ3n) is 6.89. The fourth-order valence-electron chi connectivity index (χ4n) is 4.47. The molecule has 2 aromatic carbocycles. The molecule has 1 aliphatic heterocycles. The number of aromatic nitrogens is 1. The van der Waals surface area contributed by atoms with Gasteiger partial charge in [0.25, 0.3) is 11.8 Å². The smallest absolute Gasteiger partial charge is 0.326 e. The predicted molar refractivity (Wildman–Crippen MR) is 134 cm³/mol. The molecule has 0 spiro atoms. The van der Waals surface area contributed by atoms with Gasteiger partial charge in [0.05, 0.1) is 5.52 Å². The summed E-state index contributed by atoms with van der Waals surface area (Å²) in [7, 11) is 0. The monoisotopic (exact) mass is 473 g/mol. The van der Waals surface area contributed by atoms with Crippen LogP contribution >= 0.6 is 0 Å². The van der Waals surface area contributed by atoms with Crippen molar-refractivity contribution in [3.05, 3.63) is 77.5 Å². The Bertz CT molecular complexity index is 1240. The van der Waals surface area contributed by atoms with Gasteiger partial charge in [0.15, 0.2) is 0 Å². The van der Waals surface area contributed by atoms with Crippen LogP contribution in [0.2, 0.25) is 0 Å². The Morgan fingerprint density at radius 1 is 1.03 bits per heavy atom. The summed E-state index contributed by atoms with van der Waals surface area (Å²) in [5.74, 6) is -1.14. The number of fused-ring (bicyclic) bond motifs is 1. The molecule has 7 heteroatoms. The highest BCUT2D eigenvalue weighted by Gasteiger charge is 2.34. The number of hydrogen-bond acceptors (Lipinski definition) is 4. The molecule has 4 rings (SSSR count). The third kappa shape index (κ3) is 5.19. The van der Waals surface area contributed by atoms with Gasteiger partial charge in [-0.3, -0.25) is 9.59 Å². The quantitative estimate of drug-likeness (QED) is 0.541. The van der Waals surface area contributed by atoms with Crippen molar-refractivity contribution < 1.29 is 19.5 Å². The molecular weight excluding hydrogens is 442 g/mol. The van der Waals surface area contributed by atoms with Crippen LogP contribution in [-0.2, 0) is 11.3 Å². The number of benzene rings is 2. The van der Waals surface area contributed by atoms with Crippen LogP contribution in [0.3, 0.4) is 0 Å². The van der Waals surface area contributed by atoms with Gasteiger partial charge in [-0.05, 0) is 55.5 Å². The Labute approximate surface area is 205 Å². The molecule has 0 aliphatic carbocycles. The summed E-state index contributed by atoms with van der Waals surface area (Å²) < 4.78 is 0. The van der Waals surface area contributed by atoms with Crippen LogP contribution in [0.4, 0.5) is 0 Å². The second-order valence-corrected chi connectivity index (χ2v) is 9.50. The van der Waals surface area contributed by atoms with Gasteiger partial charge in [-0.15, -0.1) is 0 Å². The molecule has 7 nitrogen and oxygen atoms in total. The van der Waals surface area contributed by atoms with E-state index in [1.54, 1.807) is 18.2 Å². The summed E-state index contributed by atoms with van der Waals surface area (Å²) in [6, 6.07) is 17.7. The second-order valence-electron chi connectivity index (χ2n) is 9.50. The summed E-state index contributed by atoms with van der Waals surface area (Å²) in [6.45, 7) is 7.01. The normalized spacial score (nSPS) is 16.5. The lowest BCUT2D eigenvalue weighted by atomic mass is 10.0. The van der Waals surface area contributed by atoms with E-state index in [2.05, 4.69) is 18.8 Å². The number of para-hydroxylation sites is 1. The number of rotatable bonds is 7. The van der Waals surface area contributed by atoms with E-state index in [1.807, 2.05) is 54.3 Å². The highest BCUT2D eigenvalue weighted by Crippen LogP contribution is 2.22. The highest BCUT2D eigenvalue weighted by atomic mass is 16.4. The molecule has 35 heavy (non-hydrogen) atoms. The Hall–Kier alpha value is -3.74. The zero-order valence-electron chi connectivity index (χ0n) is 20.3.